The fourth-order valence-electron chi connectivity index (χ4n) is 2.87. The Hall–Kier alpha value is -0.720. The van der Waals surface area contributed by atoms with Gasteiger partial charge >= 0.3 is 0 Å². The average Bonchev–Trinajstić information content (AvgIpc) is 2.54. The summed E-state index contributed by atoms with van der Waals surface area (Å²) in [6.07, 6.45) is 0. The average molecular weight is 414 g/mol. The van der Waals surface area contributed by atoms with Crippen LogP contribution >= 0.6 is 37.2 Å². The number of likely N-dealkylation sites (N-methyl/N-ethyl adjacent to an activating group) is 1. The molecule has 1 saturated heterocycles. The molecule has 1 aromatic carbocycles. The Balaban J connectivity index is 0. The number of rotatable bonds is 5. The zero-order chi connectivity index (χ0) is 16.1. The van der Waals surface area contributed by atoms with Crippen LogP contribution in [0.15, 0.2) is 18.2 Å². The van der Waals surface area contributed by atoms with Crippen LogP contribution in [-0.2, 0) is 0 Å². The molecule has 146 valence electrons. The molecule has 0 spiro atoms. The van der Waals surface area contributed by atoms with Gasteiger partial charge in [0.05, 0.1) is 0 Å². The topological polar surface area (TPSA) is 61.6 Å². The Morgan fingerprint density at radius 2 is 1.80 bits per heavy atom. The van der Waals surface area contributed by atoms with Gasteiger partial charge in [0.25, 0.3) is 5.91 Å². The lowest BCUT2D eigenvalue weighted by Gasteiger charge is -2.37. The summed E-state index contributed by atoms with van der Waals surface area (Å²) in [4.78, 5) is 17.2. The van der Waals surface area contributed by atoms with Gasteiger partial charge in [-0.1, -0.05) is 13.0 Å². The number of nitrogens with one attached hydrogen (secondary N) is 1. The third kappa shape index (κ3) is 7.59. The number of amides is 1. The lowest BCUT2D eigenvalue weighted by atomic mass is 10.1. The van der Waals surface area contributed by atoms with E-state index >= 15 is 0 Å². The number of nitrogens with two attached hydrogens (primary N) is 1. The third-order valence-electron chi connectivity index (χ3n) is 4.54. The fraction of sp³-hybridized carbons (Fsp3) is 0.588. The summed E-state index contributed by atoms with van der Waals surface area (Å²) in [5, 5.41) is 3.04. The predicted octanol–water partition coefficient (Wildman–Crippen LogP) is 2.60. The minimum Gasteiger partial charge on any atom is -0.399 e. The SMILES string of the molecule is CCN1CCN(C(C)CNC(=O)c2cc(N)ccc2C)CC1.Cl.Cl.Cl. The molecule has 3 N–H and O–H groups in total. The number of anilines is 1. The van der Waals surface area contributed by atoms with E-state index in [9.17, 15) is 4.79 Å². The van der Waals surface area contributed by atoms with Crippen molar-refractivity contribution < 1.29 is 4.79 Å². The summed E-state index contributed by atoms with van der Waals surface area (Å²) in [5.41, 5.74) is 8.02. The Morgan fingerprint density at radius 3 is 2.36 bits per heavy atom. The number of hydrogen-bond acceptors (Lipinski definition) is 4. The summed E-state index contributed by atoms with van der Waals surface area (Å²) < 4.78 is 0. The molecular formula is C17H31Cl3N4O. The lowest BCUT2D eigenvalue weighted by Crippen LogP contribution is -2.52. The maximum absolute atomic E-state index is 12.3. The second-order valence-electron chi connectivity index (χ2n) is 6.10. The standard InChI is InChI=1S/C17H28N4O.3ClH/c1-4-20-7-9-21(10-8-20)14(3)12-19-17(22)16-11-15(18)6-5-13(16)2;;;/h5-6,11,14H,4,7-10,12,18H2,1-3H3,(H,19,22);3*1H. The third-order valence-corrected chi connectivity index (χ3v) is 4.54. The first-order chi connectivity index (χ1) is 10.5. The summed E-state index contributed by atoms with van der Waals surface area (Å²) in [5.74, 6) is -0.0381. The number of hydrogen-bond donors (Lipinski definition) is 2. The lowest BCUT2D eigenvalue weighted by molar-refractivity contribution is 0.0882. The van der Waals surface area contributed by atoms with Crippen LogP contribution in [0.2, 0.25) is 0 Å². The van der Waals surface area contributed by atoms with Crippen LogP contribution in [0.4, 0.5) is 5.69 Å². The summed E-state index contributed by atoms with van der Waals surface area (Å²) in [6, 6.07) is 5.80. The van der Waals surface area contributed by atoms with Crippen molar-refractivity contribution in [2.45, 2.75) is 26.8 Å². The molecule has 0 radical (unpaired) electrons. The molecule has 1 unspecified atom stereocenters. The second-order valence-corrected chi connectivity index (χ2v) is 6.10. The van der Waals surface area contributed by atoms with Gasteiger partial charge in [-0.2, -0.15) is 0 Å². The van der Waals surface area contributed by atoms with Crippen molar-refractivity contribution in [2.75, 3.05) is 45.0 Å². The highest BCUT2D eigenvalue weighted by atomic mass is 35.5. The van der Waals surface area contributed by atoms with E-state index in [0.717, 1.165) is 38.3 Å². The molecule has 1 aliphatic rings. The molecule has 2 rings (SSSR count). The Morgan fingerprint density at radius 1 is 1.20 bits per heavy atom. The van der Waals surface area contributed by atoms with Crippen LogP contribution in [-0.4, -0.2) is 61.0 Å². The van der Waals surface area contributed by atoms with Crippen molar-refractivity contribution >= 4 is 48.8 Å². The Bertz CT molecular complexity index is 523. The van der Waals surface area contributed by atoms with Gasteiger partial charge in [-0.15, -0.1) is 37.2 Å². The van der Waals surface area contributed by atoms with E-state index < -0.39 is 0 Å². The maximum Gasteiger partial charge on any atom is 0.251 e. The number of carbonyl (C=O) groups excluding carboxylic acids is 1. The highest BCUT2D eigenvalue weighted by Crippen LogP contribution is 2.12. The van der Waals surface area contributed by atoms with Crippen molar-refractivity contribution in [1.82, 2.24) is 15.1 Å². The molecule has 1 heterocycles. The highest BCUT2D eigenvalue weighted by molar-refractivity contribution is 5.96. The van der Waals surface area contributed by atoms with Gasteiger partial charge in [0.1, 0.15) is 0 Å². The Labute approximate surface area is 169 Å². The van der Waals surface area contributed by atoms with Crippen LogP contribution in [0.1, 0.15) is 29.8 Å². The molecule has 1 fully saturated rings. The normalized spacial score (nSPS) is 16.0. The van der Waals surface area contributed by atoms with E-state index in [1.165, 1.54) is 0 Å². The van der Waals surface area contributed by atoms with Crippen molar-refractivity contribution in [3.05, 3.63) is 29.3 Å². The van der Waals surface area contributed by atoms with E-state index in [1.807, 2.05) is 19.1 Å². The van der Waals surface area contributed by atoms with Crippen LogP contribution in [0.5, 0.6) is 0 Å². The van der Waals surface area contributed by atoms with E-state index in [0.29, 0.717) is 23.8 Å². The molecule has 1 aliphatic heterocycles. The first-order valence-electron chi connectivity index (χ1n) is 8.12. The van der Waals surface area contributed by atoms with Gasteiger partial charge in [-0.3, -0.25) is 9.69 Å². The first kappa shape index (κ1) is 26.5. The van der Waals surface area contributed by atoms with E-state index in [2.05, 4.69) is 29.0 Å². The highest BCUT2D eigenvalue weighted by Gasteiger charge is 2.20. The molecule has 0 aliphatic carbocycles. The van der Waals surface area contributed by atoms with E-state index in [-0.39, 0.29) is 43.1 Å². The summed E-state index contributed by atoms with van der Waals surface area (Å²) in [6.45, 7) is 12.5. The van der Waals surface area contributed by atoms with Crippen molar-refractivity contribution in [1.29, 1.82) is 0 Å². The zero-order valence-corrected chi connectivity index (χ0v) is 17.6. The van der Waals surface area contributed by atoms with E-state index in [4.69, 9.17) is 5.73 Å². The van der Waals surface area contributed by atoms with Crippen molar-refractivity contribution in [2.24, 2.45) is 0 Å². The summed E-state index contributed by atoms with van der Waals surface area (Å²) >= 11 is 0. The molecule has 25 heavy (non-hydrogen) atoms. The van der Waals surface area contributed by atoms with Gasteiger partial charge in [0.15, 0.2) is 0 Å². The number of nitrogens with zero attached hydrogens (tertiary/aromatic N) is 2. The van der Waals surface area contributed by atoms with E-state index in [1.54, 1.807) is 6.07 Å². The number of carbonyl (C=O) groups is 1. The van der Waals surface area contributed by atoms with Crippen LogP contribution < -0.4 is 11.1 Å². The molecule has 1 aromatic rings. The Kier molecular flexibility index (Phi) is 13.4. The maximum atomic E-state index is 12.3. The molecule has 0 saturated carbocycles. The van der Waals surface area contributed by atoms with Crippen LogP contribution in [0.3, 0.4) is 0 Å². The number of halogens is 3. The monoisotopic (exact) mass is 412 g/mol. The predicted molar refractivity (Wildman–Crippen MR) is 113 cm³/mol. The number of benzene rings is 1. The summed E-state index contributed by atoms with van der Waals surface area (Å²) in [7, 11) is 0. The van der Waals surface area contributed by atoms with Gasteiger partial charge in [-0.05, 0) is 38.1 Å². The first-order valence-corrected chi connectivity index (χ1v) is 8.12. The molecule has 1 amide bonds. The molecular weight excluding hydrogens is 383 g/mol. The van der Waals surface area contributed by atoms with Crippen molar-refractivity contribution in [3.63, 3.8) is 0 Å². The number of piperazine rings is 1. The molecule has 0 bridgehead atoms. The fourth-order valence-corrected chi connectivity index (χ4v) is 2.87. The van der Waals surface area contributed by atoms with Gasteiger partial charge < -0.3 is 16.0 Å². The minimum absolute atomic E-state index is 0. The quantitative estimate of drug-likeness (QED) is 0.728. The molecule has 1 atom stereocenters. The van der Waals surface area contributed by atoms with Gasteiger partial charge in [-0.25, -0.2) is 0 Å². The molecule has 5 nitrogen and oxygen atoms in total. The van der Waals surface area contributed by atoms with Gasteiger partial charge in [0, 0.05) is 50.0 Å². The van der Waals surface area contributed by atoms with Gasteiger partial charge in [0.2, 0.25) is 0 Å². The van der Waals surface area contributed by atoms with Crippen molar-refractivity contribution in [3.8, 4) is 0 Å². The zero-order valence-electron chi connectivity index (χ0n) is 15.2. The van der Waals surface area contributed by atoms with Crippen LogP contribution in [0.25, 0.3) is 0 Å². The smallest absolute Gasteiger partial charge is 0.251 e. The largest absolute Gasteiger partial charge is 0.399 e. The minimum atomic E-state index is -0.0381. The van der Waals surface area contributed by atoms with Crippen LogP contribution in [0, 0.1) is 6.92 Å². The number of nitrogen functional groups attached to an aromatic ring is 1. The molecule has 8 heteroatoms. The second kappa shape index (κ2) is 12.6. The number of aryl methyl sites for hydroxylation is 1. The molecule has 0 aromatic heterocycles.